The number of esters is 1. The number of allylic oxidation sites excluding steroid dienone is 1. The zero-order chi connectivity index (χ0) is 18.7. The van der Waals surface area contributed by atoms with Crippen LogP contribution in [0.3, 0.4) is 0 Å². The largest absolute Gasteiger partial charge is 0.458 e. The number of benzene rings is 1. The molecule has 25 heavy (non-hydrogen) atoms. The number of non-ortho nitro benzene ring substituents is 2. The quantitative estimate of drug-likeness (QED) is 0.343. The molecule has 0 saturated carbocycles. The lowest BCUT2D eigenvalue weighted by molar-refractivity contribution is -0.394. The highest BCUT2D eigenvalue weighted by Crippen LogP contribution is 2.31. The lowest BCUT2D eigenvalue weighted by Crippen LogP contribution is -2.29. The highest BCUT2D eigenvalue weighted by molar-refractivity contribution is 5.91. The van der Waals surface area contributed by atoms with Crippen molar-refractivity contribution in [3.8, 4) is 0 Å². The Labute approximate surface area is 144 Å². The van der Waals surface area contributed by atoms with Crippen LogP contribution in [0.15, 0.2) is 29.8 Å². The van der Waals surface area contributed by atoms with Gasteiger partial charge in [-0.3, -0.25) is 20.2 Å². The van der Waals surface area contributed by atoms with Crippen LogP contribution >= 0.6 is 0 Å². The van der Waals surface area contributed by atoms with Crippen molar-refractivity contribution in [1.29, 1.82) is 0 Å². The van der Waals surface area contributed by atoms with Crippen molar-refractivity contribution in [3.05, 3.63) is 55.6 Å². The normalized spacial score (nSPS) is 20.1. The molecule has 0 aliphatic heterocycles. The maximum atomic E-state index is 12.4. The molecule has 0 N–H and O–H groups in total. The van der Waals surface area contributed by atoms with Crippen LogP contribution in [0, 0.1) is 32.1 Å². The van der Waals surface area contributed by atoms with E-state index in [1.807, 2.05) is 6.92 Å². The minimum absolute atomic E-state index is 0.111. The first-order valence-corrected chi connectivity index (χ1v) is 8.02. The van der Waals surface area contributed by atoms with E-state index in [0.29, 0.717) is 12.3 Å². The van der Waals surface area contributed by atoms with E-state index in [1.54, 1.807) is 0 Å². The topological polar surface area (TPSA) is 113 Å². The van der Waals surface area contributed by atoms with Gasteiger partial charge in [-0.2, -0.15) is 0 Å². The van der Waals surface area contributed by atoms with Crippen molar-refractivity contribution in [1.82, 2.24) is 0 Å². The molecule has 1 aromatic carbocycles. The fraction of sp³-hybridized carbons (Fsp3) is 0.471. The zero-order valence-corrected chi connectivity index (χ0v) is 14.3. The summed E-state index contributed by atoms with van der Waals surface area (Å²) in [5.41, 5.74) is -0.0177. The standard InChI is InChI=1S/C17H20N2O6/c1-10(2)12-5-4-11(3)16(8-12)25-17(20)13-6-14(18(21)22)9-15(7-13)19(23)24/h5-7,9-11,16H,4,8H2,1-3H3/t11-,16+/m0/s1. The second-order valence-electron chi connectivity index (χ2n) is 6.55. The minimum Gasteiger partial charge on any atom is -0.458 e. The molecule has 8 heteroatoms. The number of nitro groups is 2. The van der Waals surface area contributed by atoms with E-state index < -0.39 is 27.2 Å². The van der Waals surface area contributed by atoms with Gasteiger partial charge in [-0.25, -0.2) is 4.79 Å². The number of rotatable bonds is 5. The molecule has 2 rings (SSSR count). The van der Waals surface area contributed by atoms with Gasteiger partial charge in [0.05, 0.1) is 21.5 Å². The first-order valence-electron chi connectivity index (χ1n) is 8.02. The van der Waals surface area contributed by atoms with Crippen LogP contribution in [0.5, 0.6) is 0 Å². The SMILES string of the molecule is CC(C)C1=CC[C@H](C)[C@H](OC(=O)c2cc([N+](=O)[O-])cc([N+](=O)[O-])c2)C1. The highest BCUT2D eigenvalue weighted by Gasteiger charge is 2.29. The highest BCUT2D eigenvalue weighted by atomic mass is 16.6. The molecule has 0 radical (unpaired) electrons. The van der Waals surface area contributed by atoms with Crippen molar-refractivity contribution in [2.45, 2.75) is 39.7 Å². The van der Waals surface area contributed by atoms with Gasteiger partial charge in [0.15, 0.2) is 0 Å². The Morgan fingerprint density at radius 2 is 1.72 bits per heavy atom. The smallest absolute Gasteiger partial charge is 0.338 e. The fourth-order valence-electron chi connectivity index (χ4n) is 2.76. The minimum atomic E-state index is -0.784. The van der Waals surface area contributed by atoms with Gasteiger partial charge in [0.25, 0.3) is 11.4 Å². The van der Waals surface area contributed by atoms with Crippen LogP contribution in [0.1, 0.15) is 44.0 Å². The van der Waals surface area contributed by atoms with Crippen molar-refractivity contribution >= 4 is 17.3 Å². The lowest BCUT2D eigenvalue weighted by Gasteiger charge is -2.30. The number of ether oxygens (including phenoxy) is 1. The third-order valence-electron chi connectivity index (χ3n) is 4.38. The van der Waals surface area contributed by atoms with Gasteiger partial charge >= 0.3 is 5.97 Å². The summed E-state index contributed by atoms with van der Waals surface area (Å²) in [5.74, 6) is -0.332. The molecule has 0 fully saturated rings. The summed E-state index contributed by atoms with van der Waals surface area (Å²) in [6.07, 6.45) is 3.17. The van der Waals surface area contributed by atoms with E-state index in [2.05, 4.69) is 19.9 Å². The molecule has 1 aromatic rings. The van der Waals surface area contributed by atoms with Gasteiger partial charge in [0.1, 0.15) is 6.10 Å². The van der Waals surface area contributed by atoms with Crippen molar-refractivity contribution in [2.24, 2.45) is 11.8 Å². The molecule has 0 aromatic heterocycles. The van der Waals surface area contributed by atoms with E-state index in [9.17, 15) is 25.0 Å². The predicted molar refractivity (Wildman–Crippen MR) is 90.3 cm³/mol. The van der Waals surface area contributed by atoms with Gasteiger partial charge in [0.2, 0.25) is 0 Å². The first kappa shape index (κ1) is 18.6. The molecule has 0 amide bonds. The van der Waals surface area contributed by atoms with Gasteiger partial charge in [-0.05, 0) is 18.3 Å². The summed E-state index contributed by atoms with van der Waals surface area (Å²) < 4.78 is 5.51. The summed E-state index contributed by atoms with van der Waals surface area (Å²) in [5, 5.41) is 21.9. The summed E-state index contributed by atoms with van der Waals surface area (Å²) in [6.45, 7) is 6.08. The molecule has 0 spiro atoms. The van der Waals surface area contributed by atoms with Crippen LogP contribution in [0.2, 0.25) is 0 Å². The maximum absolute atomic E-state index is 12.4. The van der Waals surface area contributed by atoms with Crippen molar-refractivity contribution < 1.29 is 19.4 Å². The third-order valence-corrected chi connectivity index (χ3v) is 4.38. The molecule has 8 nitrogen and oxygen atoms in total. The Morgan fingerprint density at radius 1 is 1.16 bits per heavy atom. The van der Waals surface area contributed by atoms with E-state index >= 15 is 0 Å². The van der Waals surface area contributed by atoms with E-state index in [0.717, 1.165) is 24.6 Å². The number of carbonyl (C=O) groups is 1. The number of hydrogen-bond acceptors (Lipinski definition) is 6. The lowest BCUT2D eigenvalue weighted by atomic mass is 9.84. The Balaban J connectivity index is 2.24. The molecule has 1 aliphatic rings. The summed E-state index contributed by atoms with van der Waals surface area (Å²) in [4.78, 5) is 32.7. The van der Waals surface area contributed by atoms with Crippen LogP contribution in [-0.2, 0) is 4.74 Å². The van der Waals surface area contributed by atoms with E-state index in [1.165, 1.54) is 5.57 Å². The number of carbonyl (C=O) groups excluding carboxylic acids is 1. The Bertz CT molecular complexity index is 708. The predicted octanol–water partition coefficient (Wildman–Crippen LogP) is 4.04. The Hall–Kier alpha value is -2.77. The number of nitro benzene ring substituents is 2. The monoisotopic (exact) mass is 348 g/mol. The Morgan fingerprint density at radius 3 is 2.20 bits per heavy atom. The molecule has 1 aliphatic carbocycles. The van der Waals surface area contributed by atoms with E-state index in [-0.39, 0.29) is 17.6 Å². The van der Waals surface area contributed by atoms with Crippen LogP contribution in [-0.4, -0.2) is 21.9 Å². The molecular formula is C17H20N2O6. The number of hydrogen-bond donors (Lipinski definition) is 0. The Kier molecular flexibility index (Phi) is 5.51. The van der Waals surface area contributed by atoms with Gasteiger partial charge in [0, 0.05) is 18.6 Å². The van der Waals surface area contributed by atoms with Gasteiger partial charge in [-0.1, -0.05) is 32.4 Å². The van der Waals surface area contributed by atoms with Crippen LogP contribution < -0.4 is 0 Å². The third kappa shape index (κ3) is 4.40. The summed E-state index contributed by atoms with van der Waals surface area (Å²) in [7, 11) is 0. The van der Waals surface area contributed by atoms with Crippen molar-refractivity contribution in [2.75, 3.05) is 0 Å². The summed E-state index contributed by atoms with van der Waals surface area (Å²) in [6, 6.07) is 2.82. The van der Waals surface area contributed by atoms with E-state index in [4.69, 9.17) is 4.74 Å². The average molecular weight is 348 g/mol. The molecule has 0 heterocycles. The van der Waals surface area contributed by atoms with Crippen LogP contribution in [0.25, 0.3) is 0 Å². The second-order valence-corrected chi connectivity index (χ2v) is 6.55. The second kappa shape index (κ2) is 7.42. The van der Waals surface area contributed by atoms with Crippen LogP contribution in [0.4, 0.5) is 11.4 Å². The maximum Gasteiger partial charge on any atom is 0.338 e. The molecule has 2 atom stereocenters. The summed E-state index contributed by atoms with van der Waals surface area (Å²) >= 11 is 0. The van der Waals surface area contributed by atoms with Gasteiger partial charge in [-0.15, -0.1) is 0 Å². The molecule has 134 valence electrons. The van der Waals surface area contributed by atoms with Crippen molar-refractivity contribution in [3.63, 3.8) is 0 Å². The van der Waals surface area contributed by atoms with Gasteiger partial charge < -0.3 is 4.74 Å². The fourth-order valence-corrected chi connectivity index (χ4v) is 2.76. The first-order chi connectivity index (χ1) is 11.7. The molecule has 0 saturated heterocycles. The zero-order valence-electron chi connectivity index (χ0n) is 14.3. The number of nitrogens with zero attached hydrogens (tertiary/aromatic N) is 2. The molecule has 0 unspecified atom stereocenters. The molecule has 0 bridgehead atoms. The molecular weight excluding hydrogens is 328 g/mol. The average Bonchev–Trinajstić information content (AvgIpc) is 2.55.